The summed E-state index contributed by atoms with van der Waals surface area (Å²) < 4.78 is 0. The Morgan fingerprint density at radius 3 is 2.64 bits per heavy atom. The van der Waals surface area contributed by atoms with Crippen LogP contribution in [0.1, 0.15) is 26.7 Å². The summed E-state index contributed by atoms with van der Waals surface area (Å²) in [6, 6.07) is 0. The third-order valence-electron chi connectivity index (χ3n) is 1.52. The zero-order valence-corrected chi connectivity index (χ0v) is 9.78. The first-order valence-corrected chi connectivity index (χ1v) is 6.02. The molecule has 1 rings (SSSR count). The van der Waals surface area contributed by atoms with E-state index in [4.69, 9.17) is 0 Å². The third-order valence-corrected chi connectivity index (χ3v) is 1.83. The van der Waals surface area contributed by atoms with E-state index in [0.717, 1.165) is 18.4 Å². The van der Waals surface area contributed by atoms with Crippen LogP contribution >= 0.6 is 11.9 Å². The van der Waals surface area contributed by atoms with E-state index in [0.29, 0.717) is 0 Å². The van der Waals surface area contributed by atoms with Gasteiger partial charge < -0.3 is 0 Å². The Morgan fingerprint density at radius 2 is 2.14 bits per heavy atom. The summed E-state index contributed by atoms with van der Waals surface area (Å²) >= 11 is 1.36. The fourth-order valence-electron chi connectivity index (χ4n) is 0.951. The lowest BCUT2D eigenvalue weighted by molar-refractivity contribution is -0.117. The Hall–Kier alpha value is -0.740. The number of hydrazine groups is 1. The van der Waals surface area contributed by atoms with Gasteiger partial charge in [0.25, 0.3) is 5.91 Å². The predicted octanol–water partition coefficient (Wildman–Crippen LogP) is 2.19. The molecule has 0 fully saturated rings. The lowest BCUT2D eigenvalue weighted by Gasteiger charge is -2.07. The Morgan fingerprint density at radius 1 is 1.43 bits per heavy atom. The number of carbonyl (C=O) groups excluding carboxylic acids is 1. The van der Waals surface area contributed by atoms with E-state index in [2.05, 4.69) is 10.3 Å². The van der Waals surface area contributed by atoms with Crippen molar-refractivity contribution in [3.8, 4) is 0 Å². The molecule has 14 heavy (non-hydrogen) atoms. The minimum atomic E-state index is -0.0692. The molecule has 0 spiro atoms. The summed E-state index contributed by atoms with van der Waals surface area (Å²) in [7, 11) is 0. The topological polar surface area (TPSA) is 41.1 Å². The van der Waals surface area contributed by atoms with Crippen molar-refractivity contribution in [3.05, 3.63) is 23.8 Å². The molecule has 1 aliphatic rings. The molecule has 80 valence electrons. The number of carbonyl (C=O) groups is 1. The van der Waals surface area contributed by atoms with Crippen molar-refractivity contribution in [2.24, 2.45) is 0 Å². The molecule has 0 atom stereocenters. The summed E-state index contributed by atoms with van der Waals surface area (Å²) in [6.45, 7) is 4.00. The van der Waals surface area contributed by atoms with Crippen LogP contribution in [0.3, 0.4) is 0 Å². The van der Waals surface area contributed by atoms with Gasteiger partial charge in [-0.15, -0.1) is 0 Å². The molecule has 0 saturated heterocycles. The van der Waals surface area contributed by atoms with Crippen molar-refractivity contribution in [1.29, 1.82) is 0 Å². The first-order chi connectivity index (χ1) is 6.84. The van der Waals surface area contributed by atoms with Crippen molar-refractivity contribution in [2.45, 2.75) is 26.7 Å². The molecule has 1 aliphatic carbocycles. The van der Waals surface area contributed by atoms with Crippen LogP contribution in [0.5, 0.6) is 0 Å². The van der Waals surface area contributed by atoms with Crippen molar-refractivity contribution in [2.75, 3.05) is 6.26 Å². The molecule has 0 bridgehead atoms. The zero-order chi connectivity index (χ0) is 10.8. The van der Waals surface area contributed by atoms with Crippen molar-refractivity contribution in [3.63, 3.8) is 0 Å². The number of allylic oxidation sites excluding steroid dienone is 2. The van der Waals surface area contributed by atoms with E-state index in [1.807, 2.05) is 38.3 Å². The predicted molar refractivity (Wildman–Crippen MR) is 62.6 cm³/mol. The van der Waals surface area contributed by atoms with Crippen molar-refractivity contribution >= 4 is 17.9 Å². The number of amides is 1. The monoisotopic (exact) mass is 214 g/mol. The maximum atomic E-state index is 11.3. The standard InChI is InChI=1S/C8H12N2OS.C2H6/c1-12-10-9-8(11)7-5-3-2-4-6-7;1-2/h3,5-6,10H,2,4H2,1H3,(H,9,11);1-2H3. The summed E-state index contributed by atoms with van der Waals surface area (Å²) in [6.07, 6.45) is 9.64. The Balaban J connectivity index is 0.000000791. The number of hydrogen-bond acceptors (Lipinski definition) is 3. The molecule has 0 aromatic rings. The number of nitrogens with one attached hydrogen (secondary N) is 2. The van der Waals surface area contributed by atoms with Gasteiger partial charge in [0.05, 0.1) is 0 Å². The maximum absolute atomic E-state index is 11.3. The fraction of sp³-hybridized carbons (Fsp3) is 0.500. The average Bonchev–Trinajstić information content (AvgIpc) is 2.30. The SMILES string of the molecule is CC.CSNNC(=O)C1=CCCC=C1. The molecule has 4 heteroatoms. The average molecular weight is 214 g/mol. The first-order valence-electron chi connectivity index (χ1n) is 4.79. The lowest BCUT2D eigenvalue weighted by Crippen LogP contribution is -2.33. The normalized spacial score (nSPS) is 13.8. The van der Waals surface area contributed by atoms with Crippen LogP contribution < -0.4 is 10.3 Å². The molecule has 2 N–H and O–H groups in total. The number of hydrogen-bond donors (Lipinski definition) is 2. The second-order valence-corrected chi connectivity index (χ2v) is 3.01. The van der Waals surface area contributed by atoms with Crippen LogP contribution in [-0.4, -0.2) is 12.2 Å². The Kier molecular flexibility index (Phi) is 8.37. The quantitative estimate of drug-likeness (QED) is 0.559. The molecule has 3 nitrogen and oxygen atoms in total. The van der Waals surface area contributed by atoms with Gasteiger partial charge in [0.1, 0.15) is 0 Å². The number of rotatable bonds is 3. The van der Waals surface area contributed by atoms with Crippen LogP contribution in [0.15, 0.2) is 23.8 Å². The zero-order valence-electron chi connectivity index (χ0n) is 8.96. The van der Waals surface area contributed by atoms with Gasteiger partial charge in [-0.05, 0) is 19.1 Å². The van der Waals surface area contributed by atoms with Gasteiger partial charge in [0, 0.05) is 5.57 Å². The highest BCUT2D eigenvalue weighted by Crippen LogP contribution is 2.08. The molecule has 0 aliphatic heterocycles. The molecule has 0 radical (unpaired) electrons. The molecule has 0 unspecified atom stereocenters. The minimum absolute atomic E-state index is 0.0692. The molecule has 0 saturated carbocycles. The van der Waals surface area contributed by atoms with Gasteiger partial charge >= 0.3 is 0 Å². The van der Waals surface area contributed by atoms with E-state index in [1.54, 1.807) is 0 Å². The highest BCUT2D eigenvalue weighted by atomic mass is 32.2. The molecule has 0 heterocycles. The molecule has 1 amide bonds. The Labute approximate surface area is 90.1 Å². The molecule has 0 aromatic carbocycles. The smallest absolute Gasteiger partial charge is 0.265 e. The van der Waals surface area contributed by atoms with Gasteiger partial charge in [-0.2, -0.15) is 4.83 Å². The first kappa shape index (κ1) is 13.3. The van der Waals surface area contributed by atoms with Gasteiger partial charge in [-0.1, -0.05) is 44.0 Å². The summed E-state index contributed by atoms with van der Waals surface area (Å²) in [5.41, 5.74) is 3.30. The fourth-order valence-corrected chi connectivity index (χ4v) is 1.15. The van der Waals surface area contributed by atoms with Crippen molar-refractivity contribution < 1.29 is 4.79 Å². The van der Waals surface area contributed by atoms with E-state index >= 15 is 0 Å². The second-order valence-electron chi connectivity index (χ2n) is 2.40. The summed E-state index contributed by atoms with van der Waals surface area (Å²) in [4.78, 5) is 13.9. The van der Waals surface area contributed by atoms with Crippen LogP contribution in [0.2, 0.25) is 0 Å². The molecular formula is C10H18N2OS. The van der Waals surface area contributed by atoms with Gasteiger partial charge in [-0.3, -0.25) is 10.2 Å². The van der Waals surface area contributed by atoms with Crippen LogP contribution in [0.25, 0.3) is 0 Å². The van der Waals surface area contributed by atoms with E-state index in [-0.39, 0.29) is 5.91 Å². The van der Waals surface area contributed by atoms with E-state index < -0.39 is 0 Å². The highest BCUT2D eigenvalue weighted by molar-refractivity contribution is 7.96. The summed E-state index contributed by atoms with van der Waals surface area (Å²) in [5, 5.41) is 0. The summed E-state index contributed by atoms with van der Waals surface area (Å²) in [5.74, 6) is -0.0692. The van der Waals surface area contributed by atoms with Crippen LogP contribution in [0, 0.1) is 0 Å². The largest absolute Gasteiger partial charge is 0.278 e. The van der Waals surface area contributed by atoms with Crippen LogP contribution in [-0.2, 0) is 4.79 Å². The molecule has 0 aromatic heterocycles. The lowest BCUT2D eigenvalue weighted by atomic mass is 10.1. The Bertz CT molecular complexity index is 224. The van der Waals surface area contributed by atoms with Gasteiger partial charge in [-0.25, -0.2) is 0 Å². The maximum Gasteiger partial charge on any atom is 0.265 e. The van der Waals surface area contributed by atoms with Crippen LogP contribution in [0.4, 0.5) is 0 Å². The third kappa shape index (κ3) is 5.09. The van der Waals surface area contributed by atoms with E-state index in [9.17, 15) is 4.79 Å². The highest BCUT2D eigenvalue weighted by Gasteiger charge is 2.06. The molecular weight excluding hydrogens is 196 g/mol. The van der Waals surface area contributed by atoms with E-state index in [1.165, 1.54) is 11.9 Å². The second kappa shape index (κ2) is 8.84. The van der Waals surface area contributed by atoms with Crippen molar-refractivity contribution in [1.82, 2.24) is 10.3 Å². The van der Waals surface area contributed by atoms with Gasteiger partial charge in [0.15, 0.2) is 0 Å². The van der Waals surface area contributed by atoms with Gasteiger partial charge in [0.2, 0.25) is 0 Å². The minimum Gasteiger partial charge on any atom is -0.278 e.